The van der Waals surface area contributed by atoms with Crippen molar-refractivity contribution in [3.05, 3.63) is 63.7 Å². The van der Waals surface area contributed by atoms with Gasteiger partial charge in [0.25, 0.3) is 5.69 Å². The Morgan fingerprint density at radius 2 is 1.86 bits per heavy atom. The number of anilines is 1. The molecule has 0 saturated carbocycles. The Hall–Kier alpha value is -2.63. The van der Waals surface area contributed by atoms with Crippen LogP contribution in [-0.2, 0) is 14.8 Å². The van der Waals surface area contributed by atoms with E-state index in [2.05, 4.69) is 5.32 Å². The normalized spacial score (nSPS) is 16.4. The maximum absolute atomic E-state index is 14.1. The van der Waals surface area contributed by atoms with Gasteiger partial charge in [-0.15, -0.1) is 0 Å². The average molecular weight is 427 g/mol. The van der Waals surface area contributed by atoms with Gasteiger partial charge in [0.2, 0.25) is 10.0 Å². The van der Waals surface area contributed by atoms with Crippen molar-refractivity contribution in [2.75, 3.05) is 31.6 Å². The second kappa shape index (κ2) is 8.39. The molecule has 11 heteroatoms. The number of sulfonamides is 1. The fraction of sp³-hybridized carbons (Fsp3) is 0.333. The summed E-state index contributed by atoms with van der Waals surface area (Å²) < 4.78 is 59.8. The maximum Gasteiger partial charge on any atom is 0.270 e. The molecular formula is C18H19F2N3O5S. The second-order valence-corrected chi connectivity index (χ2v) is 8.39. The molecule has 0 unspecified atom stereocenters. The summed E-state index contributed by atoms with van der Waals surface area (Å²) in [5.74, 6) is -1.52. The first-order valence-electron chi connectivity index (χ1n) is 8.78. The summed E-state index contributed by atoms with van der Waals surface area (Å²) in [6.07, 6.45) is 0. The molecule has 1 N–H and O–H groups in total. The number of morpholine rings is 1. The smallest absolute Gasteiger partial charge is 0.270 e. The zero-order valence-corrected chi connectivity index (χ0v) is 16.3. The number of nitro groups is 1. The third-order valence-electron chi connectivity index (χ3n) is 4.56. The molecule has 2 aromatic rings. The molecule has 1 aliphatic rings. The first-order valence-corrected chi connectivity index (χ1v) is 10.2. The van der Waals surface area contributed by atoms with Crippen LogP contribution in [0.5, 0.6) is 0 Å². The van der Waals surface area contributed by atoms with Crippen LogP contribution in [-0.4, -0.2) is 43.9 Å². The predicted octanol–water partition coefficient (Wildman–Crippen LogP) is 3.07. The van der Waals surface area contributed by atoms with Gasteiger partial charge in [0.15, 0.2) is 0 Å². The maximum atomic E-state index is 14.1. The summed E-state index contributed by atoms with van der Waals surface area (Å²) in [7, 11) is -4.06. The summed E-state index contributed by atoms with van der Waals surface area (Å²) in [4.78, 5) is 10.2. The van der Waals surface area contributed by atoms with Crippen LogP contribution >= 0.6 is 0 Å². The third kappa shape index (κ3) is 4.52. The number of hydrogen-bond acceptors (Lipinski definition) is 6. The summed E-state index contributed by atoms with van der Waals surface area (Å²) >= 11 is 0. The Morgan fingerprint density at radius 3 is 2.48 bits per heavy atom. The molecule has 3 rings (SSSR count). The van der Waals surface area contributed by atoms with Crippen molar-refractivity contribution in [1.29, 1.82) is 0 Å². The molecule has 2 aromatic carbocycles. The molecule has 1 atom stereocenters. The molecule has 0 aliphatic carbocycles. The van der Waals surface area contributed by atoms with E-state index in [4.69, 9.17) is 4.74 Å². The monoisotopic (exact) mass is 427 g/mol. The van der Waals surface area contributed by atoms with Crippen molar-refractivity contribution in [2.24, 2.45) is 0 Å². The van der Waals surface area contributed by atoms with Crippen molar-refractivity contribution in [3.63, 3.8) is 0 Å². The molecule has 1 heterocycles. The van der Waals surface area contributed by atoms with Gasteiger partial charge in [0.05, 0.1) is 29.9 Å². The lowest BCUT2D eigenvalue weighted by Gasteiger charge is -2.27. The van der Waals surface area contributed by atoms with Crippen LogP contribution in [0, 0.1) is 21.7 Å². The van der Waals surface area contributed by atoms with E-state index in [1.165, 1.54) is 16.4 Å². The number of nitro benzene ring substituents is 1. The molecule has 0 bridgehead atoms. The number of benzene rings is 2. The van der Waals surface area contributed by atoms with E-state index >= 15 is 0 Å². The van der Waals surface area contributed by atoms with Crippen LogP contribution in [0.1, 0.15) is 18.5 Å². The van der Waals surface area contributed by atoms with Crippen LogP contribution in [0.4, 0.5) is 20.2 Å². The largest absolute Gasteiger partial charge is 0.379 e. The number of non-ortho nitro benzene ring substituents is 1. The highest BCUT2D eigenvalue weighted by Crippen LogP contribution is 2.32. The third-order valence-corrected chi connectivity index (χ3v) is 6.50. The highest BCUT2D eigenvalue weighted by molar-refractivity contribution is 7.89. The fourth-order valence-corrected chi connectivity index (χ4v) is 4.63. The van der Waals surface area contributed by atoms with Crippen LogP contribution < -0.4 is 5.32 Å². The fourth-order valence-electron chi connectivity index (χ4n) is 3.05. The molecule has 0 radical (unpaired) electrons. The van der Waals surface area contributed by atoms with Crippen LogP contribution in [0.3, 0.4) is 0 Å². The first kappa shape index (κ1) is 21.1. The highest BCUT2D eigenvalue weighted by Gasteiger charge is 2.31. The van der Waals surface area contributed by atoms with E-state index in [9.17, 15) is 27.3 Å². The van der Waals surface area contributed by atoms with Crippen molar-refractivity contribution in [1.82, 2.24) is 4.31 Å². The first-order chi connectivity index (χ1) is 13.7. The minimum absolute atomic E-state index is 0.0818. The van der Waals surface area contributed by atoms with Crippen molar-refractivity contribution in [3.8, 4) is 0 Å². The highest BCUT2D eigenvalue weighted by atomic mass is 32.2. The zero-order chi connectivity index (χ0) is 21.2. The van der Waals surface area contributed by atoms with Crippen molar-refractivity contribution in [2.45, 2.75) is 17.9 Å². The lowest BCUT2D eigenvalue weighted by Crippen LogP contribution is -2.40. The Balaban J connectivity index is 2.00. The number of nitrogens with zero attached hydrogens (tertiary/aromatic N) is 2. The van der Waals surface area contributed by atoms with E-state index in [0.717, 1.165) is 24.3 Å². The molecule has 1 saturated heterocycles. The van der Waals surface area contributed by atoms with Gasteiger partial charge < -0.3 is 10.1 Å². The molecule has 156 valence electrons. The lowest BCUT2D eigenvalue weighted by atomic mass is 10.1. The van der Waals surface area contributed by atoms with Crippen LogP contribution in [0.15, 0.2) is 41.3 Å². The topological polar surface area (TPSA) is 102 Å². The van der Waals surface area contributed by atoms with Gasteiger partial charge in [-0.3, -0.25) is 10.1 Å². The lowest BCUT2D eigenvalue weighted by molar-refractivity contribution is -0.385. The molecule has 0 spiro atoms. The van der Waals surface area contributed by atoms with E-state index in [-0.39, 0.29) is 48.1 Å². The number of rotatable bonds is 6. The quantitative estimate of drug-likeness (QED) is 0.562. The molecule has 1 fully saturated rings. The Labute approximate surface area is 166 Å². The Kier molecular flexibility index (Phi) is 6.10. The standard InChI is InChI=1S/C18H19F2N3O5S/c1-12(15-4-2-13(19)10-16(15)20)21-17-5-3-14(23(24)25)11-18(17)29(26,27)22-6-8-28-9-7-22/h2-5,10-12,21H,6-9H2,1H3/t12-/m1/s1. The molecule has 0 aromatic heterocycles. The molecule has 8 nitrogen and oxygen atoms in total. The van der Waals surface area contributed by atoms with Crippen LogP contribution in [0.2, 0.25) is 0 Å². The second-order valence-electron chi connectivity index (χ2n) is 6.49. The molecular weight excluding hydrogens is 408 g/mol. The minimum Gasteiger partial charge on any atom is -0.379 e. The number of hydrogen-bond donors (Lipinski definition) is 1. The van der Waals surface area contributed by atoms with E-state index in [1.54, 1.807) is 6.92 Å². The predicted molar refractivity (Wildman–Crippen MR) is 101 cm³/mol. The van der Waals surface area contributed by atoms with Gasteiger partial charge in [-0.1, -0.05) is 6.07 Å². The van der Waals surface area contributed by atoms with Gasteiger partial charge in [0, 0.05) is 36.9 Å². The Bertz CT molecular complexity index is 1030. The average Bonchev–Trinajstić information content (AvgIpc) is 2.68. The zero-order valence-electron chi connectivity index (χ0n) is 15.5. The summed E-state index contributed by atoms with van der Waals surface area (Å²) in [6.45, 7) is 2.24. The van der Waals surface area contributed by atoms with Crippen LogP contribution in [0.25, 0.3) is 0 Å². The number of ether oxygens (including phenoxy) is 1. The van der Waals surface area contributed by atoms with Crippen molar-refractivity contribution < 1.29 is 26.9 Å². The van der Waals surface area contributed by atoms with E-state index < -0.39 is 32.6 Å². The minimum atomic E-state index is -4.06. The summed E-state index contributed by atoms with van der Waals surface area (Å²) in [5, 5.41) is 14.0. The van der Waals surface area contributed by atoms with Gasteiger partial charge >= 0.3 is 0 Å². The summed E-state index contributed by atoms with van der Waals surface area (Å²) in [5.41, 5.74) is -0.180. The number of halogens is 2. The molecule has 0 amide bonds. The van der Waals surface area contributed by atoms with E-state index in [1.807, 2.05) is 0 Å². The SMILES string of the molecule is C[C@@H](Nc1ccc([N+](=O)[O-])cc1S(=O)(=O)N1CCOCC1)c1ccc(F)cc1F. The van der Waals surface area contributed by atoms with Gasteiger partial charge in [-0.05, 0) is 19.1 Å². The Morgan fingerprint density at radius 1 is 1.17 bits per heavy atom. The van der Waals surface area contributed by atoms with Gasteiger partial charge in [0.1, 0.15) is 16.5 Å². The molecule has 1 aliphatic heterocycles. The van der Waals surface area contributed by atoms with Gasteiger partial charge in [-0.2, -0.15) is 4.31 Å². The summed E-state index contributed by atoms with van der Waals surface area (Å²) in [6, 6.07) is 5.76. The molecule has 29 heavy (non-hydrogen) atoms. The number of nitrogens with one attached hydrogen (secondary N) is 1. The van der Waals surface area contributed by atoms with Crippen molar-refractivity contribution >= 4 is 21.4 Å². The van der Waals surface area contributed by atoms with E-state index in [0.29, 0.717) is 0 Å². The van der Waals surface area contributed by atoms with Gasteiger partial charge in [-0.25, -0.2) is 17.2 Å².